The molecule has 0 aliphatic carbocycles. The van der Waals surface area contributed by atoms with Gasteiger partial charge in [-0.2, -0.15) is 0 Å². The second-order valence-corrected chi connectivity index (χ2v) is 18.0. The number of aliphatic carboxylic acids is 1. The molecule has 37 N–H and O–H groups in total. The largest absolute Gasteiger partial charge is 0.481 e. The van der Waals surface area contributed by atoms with Crippen LogP contribution in [0, 0.1) is 0 Å². The Labute approximate surface area is 539 Å². The maximum atomic E-state index is 10.3. The van der Waals surface area contributed by atoms with Crippen LogP contribution in [0.2, 0.25) is 0 Å². The number of rotatable bonds is 39. The fourth-order valence-corrected chi connectivity index (χ4v) is 3.04. The fraction of sp³-hybridized carbons (Fsp3) is 0.944. The Morgan fingerprint density at radius 1 is 0.217 bits per heavy atom. The fourth-order valence-electron chi connectivity index (χ4n) is 3.04. The summed E-state index contributed by atoms with van der Waals surface area (Å²) < 4.78 is 0. The number of carboxylic acid groups (broad SMARTS) is 1. The van der Waals surface area contributed by atoms with Gasteiger partial charge in [0.15, 0.2) is 0 Å². The zero-order valence-corrected chi connectivity index (χ0v) is 53.4. The van der Waals surface area contributed by atoms with Crippen LogP contribution < -0.4 is 0 Å². The van der Waals surface area contributed by atoms with Crippen molar-refractivity contribution >= 4 is 5.97 Å². The zero-order chi connectivity index (χ0) is 74.8. The number of aliphatic hydroxyl groups excluding tert-OH is 36. The van der Waals surface area contributed by atoms with E-state index in [4.69, 9.17) is 189 Å². The summed E-state index contributed by atoms with van der Waals surface area (Å²) in [6.07, 6.45) is 9.80. The van der Waals surface area contributed by atoms with E-state index < -0.39 is 79.2 Å². The molecular formula is C54H130O38. The third-order valence-electron chi connectivity index (χ3n) is 8.71. The molecule has 0 unspecified atom stereocenters. The monoisotopic (exact) mass is 1390 g/mol. The molecular weight excluding hydrogens is 1260 g/mol. The van der Waals surface area contributed by atoms with E-state index in [1.807, 2.05) is 0 Å². The summed E-state index contributed by atoms with van der Waals surface area (Å²) in [4.78, 5) is 10.3. The first-order chi connectivity index (χ1) is 43.5. The standard InChI is InChI=1S/C18H34O2.12C3H8O3/c1-2-3-4-5-6-7-8-9-10-11-12-13-14-15-16-17-18(19)20;12*4-1-3(6)2-5/h9-10H,2-8,11-17H2,1H3,(H,19,20);12*3-6H,1-2H2/b10-9-;;;;;;;;;;;;. The van der Waals surface area contributed by atoms with Gasteiger partial charge >= 0.3 is 5.97 Å². The van der Waals surface area contributed by atoms with Crippen LogP contribution in [0.25, 0.3) is 0 Å². The van der Waals surface area contributed by atoms with Crippen molar-refractivity contribution in [2.75, 3.05) is 159 Å². The van der Waals surface area contributed by atoms with Crippen molar-refractivity contribution in [3.8, 4) is 0 Å². The lowest BCUT2D eigenvalue weighted by Crippen LogP contribution is -2.15. The van der Waals surface area contributed by atoms with Crippen molar-refractivity contribution in [2.24, 2.45) is 0 Å². The SMILES string of the molecule is CCCCCCCC/C=C\CCCCCCCC(=O)O.OCC(O)CO.OCC(O)CO.OCC(O)CO.OCC(O)CO.OCC(O)CO.OCC(O)CO.OCC(O)CO.OCC(O)CO.OCC(O)CO.OCC(O)CO.OCC(O)CO.OCC(O)CO. The molecule has 92 heavy (non-hydrogen) atoms. The Morgan fingerprint density at radius 3 is 0.446 bits per heavy atom. The van der Waals surface area contributed by atoms with E-state index in [9.17, 15) is 4.79 Å². The predicted molar refractivity (Wildman–Crippen MR) is 329 cm³/mol. The van der Waals surface area contributed by atoms with Gasteiger partial charge in [-0.25, -0.2) is 0 Å². The predicted octanol–water partition coefficient (Wildman–Crippen LogP) is -13.9. The lowest BCUT2D eigenvalue weighted by atomic mass is 10.1. The number of carbonyl (C=O) groups is 1. The van der Waals surface area contributed by atoms with Crippen molar-refractivity contribution in [1.29, 1.82) is 0 Å². The van der Waals surface area contributed by atoms with Crippen LogP contribution in [-0.4, -0.2) is 427 Å². The van der Waals surface area contributed by atoms with Gasteiger partial charge in [0.1, 0.15) is 73.2 Å². The molecule has 0 atom stereocenters. The van der Waals surface area contributed by atoms with Crippen molar-refractivity contribution in [3.05, 3.63) is 12.2 Å². The molecule has 0 rings (SSSR count). The lowest BCUT2D eigenvalue weighted by molar-refractivity contribution is -0.137. The van der Waals surface area contributed by atoms with Gasteiger partial charge < -0.3 is 189 Å². The van der Waals surface area contributed by atoms with Crippen molar-refractivity contribution in [2.45, 2.75) is 170 Å². The highest BCUT2D eigenvalue weighted by Gasteiger charge is 2.01. The van der Waals surface area contributed by atoms with Crippen LogP contribution in [0.15, 0.2) is 12.2 Å². The molecule has 0 radical (unpaired) electrons. The molecule has 0 heterocycles. The molecule has 574 valence electrons. The van der Waals surface area contributed by atoms with Gasteiger partial charge in [0.25, 0.3) is 0 Å². The molecule has 0 saturated heterocycles. The number of hydrogen-bond donors (Lipinski definition) is 37. The normalized spacial score (nSPS) is 10.3. The Morgan fingerprint density at radius 2 is 0.337 bits per heavy atom. The van der Waals surface area contributed by atoms with Crippen LogP contribution in [0.3, 0.4) is 0 Å². The molecule has 38 heteroatoms. The molecule has 0 aliphatic rings. The van der Waals surface area contributed by atoms with Crippen LogP contribution in [0.1, 0.15) is 96.8 Å². The number of hydrogen-bond acceptors (Lipinski definition) is 37. The van der Waals surface area contributed by atoms with Crippen molar-refractivity contribution < 1.29 is 194 Å². The first-order valence-corrected chi connectivity index (χ1v) is 29.1. The minimum Gasteiger partial charge on any atom is -0.481 e. The highest BCUT2D eigenvalue weighted by molar-refractivity contribution is 5.66. The van der Waals surface area contributed by atoms with E-state index in [0.717, 1.165) is 12.8 Å². The van der Waals surface area contributed by atoms with Crippen LogP contribution in [0.4, 0.5) is 0 Å². The Kier molecular flexibility index (Phi) is 151. The molecule has 0 fully saturated rings. The molecule has 38 nitrogen and oxygen atoms in total. The van der Waals surface area contributed by atoms with E-state index in [0.29, 0.717) is 6.42 Å². The molecule has 0 spiro atoms. The molecule has 0 aromatic rings. The van der Waals surface area contributed by atoms with E-state index >= 15 is 0 Å². The molecule has 0 amide bonds. The number of unbranched alkanes of at least 4 members (excludes halogenated alkanes) is 11. The van der Waals surface area contributed by atoms with Gasteiger partial charge in [0.2, 0.25) is 0 Å². The molecule has 0 aliphatic heterocycles. The summed E-state index contributed by atoms with van der Waals surface area (Å²) in [5, 5.41) is 297. The minimum atomic E-state index is -0.954. The van der Waals surface area contributed by atoms with Gasteiger partial charge in [-0.1, -0.05) is 70.4 Å². The average Bonchev–Trinajstić information content (AvgIpc) is 3.61. The van der Waals surface area contributed by atoms with Crippen molar-refractivity contribution in [3.63, 3.8) is 0 Å². The number of carboxylic acids is 1. The van der Waals surface area contributed by atoms with E-state index in [2.05, 4.69) is 19.1 Å². The van der Waals surface area contributed by atoms with Crippen molar-refractivity contribution in [1.82, 2.24) is 0 Å². The highest BCUT2D eigenvalue weighted by atomic mass is 16.4. The maximum Gasteiger partial charge on any atom is 0.303 e. The summed E-state index contributed by atoms with van der Waals surface area (Å²) in [5.74, 6) is -0.664. The summed E-state index contributed by atoms with van der Waals surface area (Å²) in [6.45, 7) is -6.49. The van der Waals surface area contributed by atoms with Crippen LogP contribution in [0.5, 0.6) is 0 Å². The van der Waals surface area contributed by atoms with E-state index in [1.54, 1.807) is 0 Å². The summed E-state index contributed by atoms with van der Waals surface area (Å²) >= 11 is 0. The van der Waals surface area contributed by atoms with E-state index in [-0.39, 0.29) is 159 Å². The van der Waals surface area contributed by atoms with Gasteiger partial charge in [-0.05, 0) is 32.1 Å². The maximum absolute atomic E-state index is 10.3. The molecule has 0 aromatic heterocycles. The number of allylic oxidation sites excluding steroid dienone is 2. The van der Waals surface area contributed by atoms with E-state index in [1.165, 1.54) is 70.6 Å². The van der Waals surface area contributed by atoms with Gasteiger partial charge in [-0.3, -0.25) is 4.79 Å². The third kappa shape index (κ3) is 168. The smallest absolute Gasteiger partial charge is 0.303 e. The van der Waals surface area contributed by atoms with Crippen LogP contribution >= 0.6 is 0 Å². The summed E-state index contributed by atoms with van der Waals surface area (Å²) in [6, 6.07) is 0. The third-order valence-corrected chi connectivity index (χ3v) is 8.71. The Hall–Kier alpha value is -2.23. The Balaban J connectivity index is -0.0000000691. The Bertz CT molecular complexity index is 908. The highest BCUT2D eigenvalue weighted by Crippen LogP contribution is 2.10. The first kappa shape index (κ1) is 120. The summed E-state index contributed by atoms with van der Waals surface area (Å²) in [5.41, 5.74) is 0. The average molecular weight is 1390 g/mol. The topological polar surface area (TPSA) is 766 Å². The second-order valence-electron chi connectivity index (χ2n) is 18.0. The van der Waals surface area contributed by atoms with Gasteiger partial charge in [-0.15, -0.1) is 0 Å². The molecule has 0 aromatic carbocycles. The minimum absolute atomic E-state index is 0.332. The quantitative estimate of drug-likeness (QED) is 0.0201. The number of aliphatic hydroxyl groups is 36. The molecule has 0 saturated carbocycles. The van der Waals surface area contributed by atoms with Crippen LogP contribution in [-0.2, 0) is 4.79 Å². The zero-order valence-electron chi connectivity index (χ0n) is 53.4. The first-order valence-electron chi connectivity index (χ1n) is 29.1. The van der Waals surface area contributed by atoms with Gasteiger partial charge in [0, 0.05) is 6.42 Å². The van der Waals surface area contributed by atoms with Gasteiger partial charge in [0.05, 0.1) is 159 Å². The lowest BCUT2D eigenvalue weighted by Gasteiger charge is -1.99. The molecule has 0 bridgehead atoms. The second kappa shape index (κ2) is 116. The summed E-state index contributed by atoms with van der Waals surface area (Å²) in [7, 11) is 0.